The van der Waals surface area contributed by atoms with Crippen molar-refractivity contribution in [3.63, 3.8) is 0 Å². The molecule has 1 aliphatic carbocycles. The number of hydrogen-bond donors (Lipinski definition) is 1. The SMILES string of the molecule is CC(Cc1c(Br)cc2n1CCN(C1CC1)C2=O)C(=O)O. The van der Waals surface area contributed by atoms with E-state index in [1.807, 2.05) is 15.5 Å². The number of carbonyl (C=O) groups is 2. The van der Waals surface area contributed by atoms with Crippen molar-refractivity contribution in [3.8, 4) is 0 Å². The summed E-state index contributed by atoms with van der Waals surface area (Å²) in [7, 11) is 0. The molecule has 1 aromatic heterocycles. The first-order valence-corrected chi connectivity index (χ1v) is 7.70. The fraction of sp³-hybridized carbons (Fsp3) is 0.571. The zero-order valence-electron chi connectivity index (χ0n) is 11.3. The monoisotopic (exact) mass is 340 g/mol. The Hall–Kier alpha value is -1.30. The Bertz CT molecular complexity index is 577. The van der Waals surface area contributed by atoms with Gasteiger partial charge in [0.05, 0.1) is 5.92 Å². The predicted molar refractivity (Wildman–Crippen MR) is 76.7 cm³/mol. The lowest BCUT2D eigenvalue weighted by Crippen LogP contribution is -2.41. The van der Waals surface area contributed by atoms with Gasteiger partial charge in [-0.25, -0.2) is 0 Å². The van der Waals surface area contributed by atoms with E-state index in [0.29, 0.717) is 18.2 Å². The molecule has 2 heterocycles. The molecular weight excluding hydrogens is 324 g/mol. The van der Waals surface area contributed by atoms with Crippen molar-refractivity contribution in [2.45, 2.75) is 38.8 Å². The van der Waals surface area contributed by atoms with Crippen LogP contribution in [0.1, 0.15) is 35.9 Å². The molecule has 1 fully saturated rings. The smallest absolute Gasteiger partial charge is 0.306 e. The van der Waals surface area contributed by atoms with Gasteiger partial charge < -0.3 is 14.6 Å². The topological polar surface area (TPSA) is 62.5 Å². The van der Waals surface area contributed by atoms with Crippen LogP contribution < -0.4 is 0 Å². The normalized spacial score (nSPS) is 19.9. The van der Waals surface area contributed by atoms with Crippen LogP contribution in [-0.4, -0.2) is 39.0 Å². The highest BCUT2D eigenvalue weighted by Crippen LogP contribution is 2.33. The minimum Gasteiger partial charge on any atom is -0.481 e. The molecule has 2 aliphatic rings. The van der Waals surface area contributed by atoms with E-state index in [0.717, 1.165) is 36.1 Å². The highest BCUT2D eigenvalue weighted by atomic mass is 79.9. The molecule has 1 aromatic rings. The lowest BCUT2D eigenvalue weighted by Gasteiger charge is -2.29. The predicted octanol–water partition coefficient (Wildman–Crippen LogP) is 2.13. The van der Waals surface area contributed by atoms with E-state index in [9.17, 15) is 9.59 Å². The number of carboxylic acid groups (broad SMARTS) is 1. The molecule has 1 atom stereocenters. The Morgan fingerprint density at radius 3 is 2.80 bits per heavy atom. The van der Waals surface area contributed by atoms with Gasteiger partial charge in [-0.3, -0.25) is 9.59 Å². The Morgan fingerprint density at radius 2 is 2.20 bits per heavy atom. The maximum atomic E-state index is 12.5. The van der Waals surface area contributed by atoms with Crippen molar-refractivity contribution in [1.82, 2.24) is 9.47 Å². The Kier molecular flexibility index (Phi) is 3.36. The number of carbonyl (C=O) groups excluding carboxylic acids is 1. The number of halogens is 1. The van der Waals surface area contributed by atoms with Crippen molar-refractivity contribution >= 4 is 27.8 Å². The molecule has 0 saturated heterocycles. The first-order chi connectivity index (χ1) is 9.49. The Balaban J connectivity index is 1.89. The van der Waals surface area contributed by atoms with Crippen molar-refractivity contribution in [2.24, 2.45) is 5.92 Å². The molecule has 5 nitrogen and oxygen atoms in total. The molecule has 1 amide bonds. The molecular formula is C14H17BrN2O3. The van der Waals surface area contributed by atoms with E-state index in [-0.39, 0.29) is 5.91 Å². The van der Waals surface area contributed by atoms with Gasteiger partial charge >= 0.3 is 5.97 Å². The summed E-state index contributed by atoms with van der Waals surface area (Å²) in [5, 5.41) is 9.05. The number of amides is 1. The summed E-state index contributed by atoms with van der Waals surface area (Å²) in [4.78, 5) is 25.4. The van der Waals surface area contributed by atoms with Gasteiger partial charge in [-0.1, -0.05) is 6.92 Å². The molecule has 20 heavy (non-hydrogen) atoms. The van der Waals surface area contributed by atoms with Gasteiger partial charge in [0, 0.05) is 35.7 Å². The number of carboxylic acids is 1. The van der Waals surface area contributed by atoms with Crippen LogP contribution in [0, 0.1) is 5.92 Å². The highest BCUT2D eigenvalue weighted by Gasteiger charge is 2.37. The van der Waals surface area contributed by atoms with E-state index < -0.39 is 11.9 Å². The van der Waals surface area contributed by atoms with Crippen molar-refractivity contribution in [2.75, 3.05) is 6.54 Å². The van der Waals surface area contributed by atoms with Crippen LogP contribution in [0.25, 0.3) is 0 Å². The van der Waals surface area contributed by atoms with Gasteiger partial charge in [0.1, 0.15) is 5.69 Å². The van der Waals surface area contributed by atoms with Crippen LogP contribution in [-0.2, 0) is 17.8 Å². The second-order valence-electron chi connectivity index (χ2n) is 5.65. The second kappa shape index (κ2) is 4.91. The summed E-state index contributed by atoms with van der Waals surface area (Å²) in [5.41, 5.74) is 1.60. The van der Waals surface area contributed by atoms with Crippen LogP contribution in [0.4, 0.5) is 0 Å². The fourth-order valence-corrected chi connectivity index (χ4v) is 3.36. The number of nitrogens with zero attached hydrogens (tertiary/aromatic N) is 2. The summed E-state index contributed by atoms with van der Waals surface area (Å²) in [6.45, 7) is 3.17. The quantitative estimate of drug-likeness (QED) is 0.913. The van der Waals surface area contributed by atoms with Gasteiger partial charge in [0.25, 0.3) is 5.91 Å². The molecule has 0 aromatic carbocycles. The number of rotatable bonds is 4. The molecule has 1 unspecified atom stereocenters. The second-order valence-corrected chi connectivity index (χ2v) is 6.50. The van der Waals surface area contributed by atoms with Gasteiger partial charge in [0.15, 0.2) is 0 Å². The van der Waals surface area contributed by atoms with Crippen LogP contribution in [0.2, 0.25) is 0 Å². The molecule has 1 N–H and O–H groups in total. The van der Waals surface area contributed by atoms with Gasteiger partial charge in [-0.15, -0.1) is 0 Å². The fourth-order valence-electron chi connectivity index (χ4n) is 2.76. The van der Waals surface area contributed by atoms with Crippen molar-refractivity contribution < 1.29 is 14.7 Å². The standard InChI is InChI=1S/C14H17BrN2O3/c1-8(14(19)20)6-11-10(15)7-12-13(18)16(9-2-3-9)4-5-17(11)12/h7-9H,2-6H2,1H3,(H,19,20). The summed E-state index contributed by atoms with van der Waals surface area (Å²) in [6.07, 6.45) is 2.65. The molecule has 3 rings (SSSR count). The van der Waals surface area contributed by atoms with Crippen LogP contribution >= 0.6 is 15.9 Å². The largest absolute Gasteiger partial charge is 0.481 e. The lowest BCUT2D eigenvalue weighted by molar-refractivity contribution is -0.141. The number of aliphatic carboxylic acids is 1. The van der Waals surface area contributed by atoms with Crippen LogP contribution in [0.5, 0.6) is 0 Å². The third kappa shape index (κ3) is 2.26. The minimum absolute atomic E-state index is 0.0775. The molecule has 1 saturated carbocycles. The first kappa shape index (κ1) is 13.7. The summed E-state index contributed by atoms with van der Waals surface area (Å²) >= 11 is 3.47. The Labute approximate surface area is 125 Å². The van der Waals surface area contributed by atoms with Crippen molar-refractivity contribution in [3.05, 3.63) is 21.9 Å². The molecule has 6 heteroatoms. The average molecular weight is 341 g/mol. The zero-order valence-corrected chi connectivity index (χ0v) is 12.9. The minimum atomic E-state index is -0.811. The number of hydrogen-bond acceptors (Lipinski definition) is 2. The zero-order chi connectivity index (χ0) is 14.4. The molecule has 1 aliphatic heterocycles. The average Bonchev–Trinajstić information content (AvgIpc) is 3.17. The van der Waals surface area contributed by atoms with E-state index >= 15 is 0 Å². The van der Waals surface area contributed by atoms with E-state index in [4.69, 9.17) is 5.11 Å². The molecule has 108 valence electrons. The van der Waals surface area contributed by atoms with Crippen molar-refractivity contribution in [1.29, 1.82) is 0 Å². The number of fused-ring (bicyclic) bond motifs is 1. The van der Waals surface area contributed by atoms with E-state index in [1.54, 1.807) is 6.92 Å². The molecule has 0 spiro atoms. The molecule has 0 bridgehead atoms. The highest BCUT2D eigenvalue weighted by molar-refractivity contribution is 9.10. The summed E-state index contributed by atoms with van der Waals surface area (Å²) < 4.78 is 2.82. The Morgan fingerprint density at radius 1 is 1.50 bits per heavy atom. The van der Waals surface area contributed by atoms with Crippen LogP contribution in [0.3, 0.4) is 0 Å². The summed E-state index contributed by atoms with van der Waals surface area (Å²) in [6, 6.07) is 2.26. The van der Waals surface area contributed by atoms with Crippen LogP contribution in [0.15, 0.2) is 10.5 Å². The summed E-state index contributed by atoms with van der Waals surface area (Å²) in [5.74, 6) is -1.19. The van der Waals surface area contributed by atoms with Gasteiger partial charge in [-0.2, -0.15) is 0 Å². The first-order valence-electron chi connectivity index (χ1n) is 6.90. The van der Waals surface area contributed by atoms with Gasteiger partial charge in [-0.05, 0) is 34.8 Å². The van der Waals surface area contributed by atoms with E-state index in [1.165, 1.54) is 0 Å². The third-order valence-corrected chi connectivity index (χ3v) is 4.80. The van der Waals surface area contributed by atoms with E-state index in [2.05, 4.69) is 15.9 Å². The number of aromatic nitrogens is 1. The van der Waals surface area contributed by atoms with Gasteiger partial charge in [0.2, 0.25) is 0 Å². The maximum Gasteiger partial charge on any atom is 0.306 e. The third-order valence-electron chi connectivity index (χ3n) is 4.11. The maximum absolute atomic E-state index is 12.5. The lowest BCUT2D eigenvalue weighted by atomic mass is 10.1. The molecule has 0 radical (unpaired) electrons.